The molecular weight excluding hydrogens is 432 g/mol. The van der Waals surface area contributed by atoms with Gasteiger partial charge < -0.3 is 24.4 Å². The van der Waals surface area contributed by atoms with Crippen molar-refractivity contribution in [2.75, 3.05) is 41.0 Å². The van der Waals surface area contributed by atoms with Crippen LogP contribution in [0.15, 0.2) is 36.4 Å². The summed E-state index contributed by atoms with van der Waals surface area (Å²) in [6.45, 7) is 3.27. The summed E-state index contributed by atoms with van der Waals surface area (Å²) < 4.78 is 16.4. The second-order valence-corrected chi connectivity index (χ2v) is 8.12. The third-order valence-electron chi connectivity index (χ3n) is 5.68. The molecule has 0 saturated carbocycles. The Labute approximate surface area is 193 Å². The molecule has 0 spiro atoms. The number of nitrogens with one attached hydrogen (secondary N) is 1. The van der Waals surface area contributed by atoms with E-state index in [1.54, 1.807) is 50.5 Å². The fraction of sp³-hybridized carbons (Fsp3) is 0.417. The zero-order valence-electron chi connectivity index (χ0n) is 18.8. The molecule has 0 unspecified atom stereocenters. The number of rotatable bonds is 8. The molecule has 172 valence electrons. The van der Waals surface area contributed by atoms with E-state index in [0.29, 0.717) is 47.5 Å². The molecule has 2 aromatic carbocycles. The highest BCUT2D eigenvalue weighted by Gasteiger charge is 2.41. The lowest BCUT2D eigenvalue weighted by molar-refractivity contribution is -0.124. The van der Waals surface area contributed by atoms with Crippen LogP contribution in [0.5, 0.6) is 17.2 Å². The molecule has 1 aliphatic heterocycles. The van der Waals surface area contributed by atoms with E-state index >= 15 is 0 Å². The third kappa shape index (κ3) is 4.93. The van der Waals surface area contributed by atoms with Crippen LogP contribution >= 0.6 is 11.6 Å². The van der Waals surface area contributed by atoms with Crippen molar-refractivity contribution in [1.82, 2.24) is 10.2 Å². The van der Waals surface area contributed by atoms with E-state index < -0.39 is 5.92 Å². The number of hydrogen-bond acceptors (Lipinski definition) is 5. The Bertz CT molecular complexity index is 956. The maximum absolute atomic E-state index is 13.2. The fourth-order valence-corrected chi connectivity index (χ4v) is 4.26. The van der Waals surface area contributed by atoms with Gasteiger partial charge in [0.15, 0.2) is 11.5 Å². The number of halogens is 1. The minimum absolute atomic E-state index is 0.0769. The van der Waals surface area contributed by atoms with Crippen LogP contribution in [-0.2, 0) is 4.79 Å². The summed E-state index contributed by atoms with van der Waals surface area (Å²) in [4.78, 5) is 27.9. The molecular formula is C24H29ClN2O5. The van der Waals surface area contributed by atoms with E-state index in [0.717, 1.165) is 12.0 Å². The van der Waals surface area contributed by atoms with Gasteiger partial charge in [-0.15, -0.1) is 0 Å². The topological polar surface area (TPSA) is 77.1 Å². The summed E-state index contributed by atoms with van der Waals surface area (Å²) in [6, 6.07) is 10.5. The first-order valence-corrected chi connectivity index (χ1v) is 10.9. The van der Waals surface area contributed by atoms with Gasteiger partial charge in [0.25, 0.3) is 5.91 Å². The van der Waals surface area contributed by atoms with Crippen molar-refractivity contribution in [3.63, 3.8) is 0 Å². The molecule has 32 heavy (non-hydrogen) atoms. The van der Waals surface area contributed by atoms with Crippen LogP contribution in [0.4, 0.5) is 0 Å². The average Bonchev–Trinajstić information content (AvgIpc) is 3.26. The number of likely N-dealkylation sites (tertiary alicyclic amines) is 1. The smallest absolute Gasteiger partial charge is 0.253 e. The van der Waals surface area contributed by atoms with Crippen LogP contribution in [-0.4, -0.2) is 57.7 Å². The fourth-order valence-electron chi connectivity index (χ4n) is 4.07. The second kappa shape index (κ2) is 10.6. The minimum atomic E-state index is -0.410. The molecule has 0 radical (unpaired) electrons. The van der Waals surface area contributed by atoms with Crippen LogP contribution in [0.25, 0.3) is 0 Å². The third-order valence-corrected chi connectivity index (χ3v) is 5.91. The molecule has 8 heteroatoms. The lowest BCUT2D eigenvalue weighted by atomic mass is 9.88. The van der Waals surface area contributed by atoms with Gasteiger partial charge >= 0.3 is 0 Å². The Balaban J connectivity index is 1.97. The Hall–Kier alpha value is -2.93. The van der Waals surface area contributed by atoms with Gasteiger partial charge in [-0.25, -0.2) is 0 Å². The van der Waals surface area contributed by atoms with Crippen molar-refractivity contribution in [2.24, 2.45) is 5.92 Å². The lowest BCUT2D eigenvalue weighted by Gasteiger charge is -2.21. The number of methoxy groups -OCH3 is 3. The van der Waals surface area contributed by atoms with Gasteiger partial charge in [0.1, 0.15) is 0 Å². The number of hydrogen-bond donors (Lipinski definition) is 1. The summed E-state index contributed by atoms with van der Waals surface area (Å²) in [5.41, 5.74) is 1.34. The Kier molecular flexibility index (Phi) is 7.85. The summed E-state index contributed by atoms with van der Waals surface area (Å²) in [6.07, 6.45) is 0.832. The van der Waals surface area contributed by atoms with E-state index in [1.807, 2.05) is 19.1 Å². The van der Waals surface area contributed by atoms with Crippen molar-refractivity contribution >= 4 is 23.4 Å². The number of carbonyl (C=O) groups excluding carboxylic acids is 2. The lowest BCUT2D eigenvalue weighted by Crippen LogP contribution is -2.36. The highest BCUT2D eigenvalue weighted by atomic mass is 35.5. The van der Waals surface area contributed by atoms with Gasteiger partial charge in [-0.3, -0.25) is 9.59 Å². The molecule has 0 aromatic heterocycles. The summed E-state index contributed by atoms with van der Waals surface area (Å²) in [7, 11) is 4.65. The largest absolute Gasteiger partial charge is 0.493 e. The zero-order chi connectivity index (χ0) is 23.3. The maximum Gasteiger partial charge on any atom is 0.253 e. The quantitative estimate of drug-likeness (QED) is 0.649. The number of carbonyl (C=O) groups is 2. The highest BCUT2D eigenvalue weighted by Crippen LogP contribution is 2.43. The van der Waals surface area contributed by atoms with Gasteiger partial charge in [0.05, 0.1) is 27.2 Å². The second-order valence-electron chi connectivity index (χ2n) is 7.68. The van der Waals surface area contributed by atoms with Gasteiger partial charge in [0.2, 0.25) is 11.7 Å². The van der Waals surface area contributed by atoms with Crippen LogP contribution in [0.2, 0.25) is 5.02 Å². The molecule has 2 atom stereocenters. The molecule has 1 aliphatic rings. The highest BCUT2D eigenvalue weighted by molar-refractivity contribution is 6.30. The average molecular weight is 461 g/mol. The summed E-state index contributed by atoms with van der Waals surface area (Å²) in [5, 5.41) is 3.47. The van der Waals surface area contributed by atoms with E-state index in [1.165, 1.54) is 0 Å². The van der Waals surface area contributed by atoms with Gasteiger partial charge in [0, 0.05) is 36.1 Å². The maximum atomic E-state index is 13.2. The molecule has 1 N–H and O–H groups in total. The molecule has 1 heterocycles. The monoisotopic (exact) mass is 460 g/mol. The van der Waals surface area contributed by atoms with Crippen molar-refractivity contribution in [3.8, 4) is 17.2 Å². The molecule has 3 rings (SSSR count). The number of nitrogens with zero attached hydrogens (tertiary/aromatic N) is 1. The van der Waals surface area contributed by atoms with Crippen LogP contribution in [0, 0.1) is 5.92 Å². The number of ether oxygens (including phenoxy) is 3. The predicted molar refractivity (Wildman–Crippen MR) is 123 cm³/mol. The van der Waals surface area contributed by atoms with Crippen molar-refractivity contribution in [3.05, 3.63) is 52.5 Å². The number of amides is 2. The zero-order valence-corrected chi connectivity index (χ0v) is 19.6. The van der Waals surface area contributed by atoms with E-state index in [-0.39, 0.29) is 17.7 Å². The van der Waals surface area contributed by atoms with E-state index in [4.69, 9.17) is 25.8 Å². The predicted octanol–water partition coefficient (Wildman–Crippen LogP) is 3.75. The van der Waals surface area contributed by atoms with E-state index in [2.05, 4.69) is 5.32 Å². The molecule has 2 amide bonds. The van der Waals surface area contributed by atoms with Crippen LogP contribution < -0.4 is 19.5 Å². The van der Waals surface area contributed by atoms with Gasteiger partial charge in [-0.1, -0.05) is 24.6 Å². The van der Waals surface area contributed by atoms with E-state index in [9.17, 15) is 9.59 Å². The first-order valence-electron chi connectivity index (χ1n) is 10.6. The van der Waals surface area contributed by atoms with Crippen molar-refractivity contribution < 1.29 is 23.8 Å². The molecule has 1 fully saturated rings. The summed E-state index contributed by atoms with van der Waals surface area (Å²) >= 11 is 6.08. The summed E-state index contributed by atoms with van der Waals surface area (Å²) in [5.74, 6) is 0.623. The SMILES string of the molecule is CCCNC(=O)[C@@H]1CN(C(=O)c2cccc(Cl)c2)C[C@H]1c1cc(OC)c(OC)c(OC)c1. The normalized spacial score (nSPS) is 17.7. The molecule has 1 saturated heterocycles. The van der Waals surface area contributed by atoms with Crippen molar-refractivity contribution in [2.45, 2.75) is 19.3 Å². The first-order chi connectivity index (χ1) is 15.4. The first kappa shape index (κ1) is 23.7. The molecule has 2 aromatic rings. The van der Waals surface area contributed by atoms with Crippen LogP contribution in [0.1, 0.15) is 35.2 Å². The molecule has 0 bridgehead atoms. The molecule has 7 nitrogen and oxygen atoms in total. The standard InChI is InChI=1S/C24H29ClN2O5/c1-5-9-26-23(28)19-14-27(24(29)15-7-6-8-17(25)10-15)13-18(19)16-11-20(30-2)22(32-4)21(12-16)31-3/h6-8,10-12,18-19H,5,9,13-14H2,1-4H3,(H,26,28)/t18-,19+/m0/s1. The van der Waals surface area contributed by atoms with Gasteiger partial charge in [-0.2, -0.15) is 0 Å². The van der Waals surface area contributed by atoms with Crippen molar-refractivity contribution in [1.29, 1.82) is 0 Å². The Morgan fingerprint density at radius 1 is 1.06 bits per heavy atom. The van der Waals surface area contributed by atoms with Crippen LogP contribution in [0.3, 0.4) is 0 Å². The number of benzene rings is 2. The minimum Gasteiger partial charge on any atom is -0.493 e. The Morgan fingerprint density at radius 2 is 1.75 bits per heavy atom. The van der Waals surface area contributed by atoms with Gasteiger partial charge in [-0.05, 0) is 42.3 Å². The molecule has 0 aliphatic carbocycles. The Morgan fingerprint density at radius 3 is 2.31 bits per heavy atom.